The lowest BCUT2D eigenvalue weighted by atomic mass is 10.0. The zero-order valence-electron chi connectivity index (χ0n) is 22.4. The molecule has 202 valence electrons. The van der Waals surface area contributed by atoms with Gasteiger partial charge in [0, 0.05) is 37.9 Å². The number of hydrogen-bond donors (Lipinski definition) is 3. The SMILES string of the molecule is O=C(Cc1nc(CCNC[C@H](O)c2ccccc2)cn1Cc1ccc(-c2ccccc2)cc1)Nc1ccccc1. The molecule has 0 saturated heterocycles. The lowest BCUT2D eigenvalue weighted by Crippen LogP contribution is -2.23. The van der Waals surface area contributed by atoms with Crippen molar-refractivity contribution in [3.05, 3.63) is 144 Å². The third-order valence-corrected chi connectivity index (χ3v) is 6.78. The van der Waals surface area contributed by atoms with Crippen molar-refractivity contribution < 1.29 is 9.90 Å². The Kier molecular flexibility index (Phi) is 9.14. The second-order valence-electron chi connectivity index (χ2n) is 9.81. The molecule has 1 amide bonds. The quantitative estimate of drug-likeness (QED) is 0.182. The van der Waals surface area contributed by atoms with E-state index >= 15 is 0 Å². The molecule has 0 aliphatic heterocycles. The summed E-state index contributed by atoms with van der Waals surface area (Å²) in [4.78, 5) is 17.7. The number of aliphatic hydroxyl groups excluding tert-OH is 1. The zero-order chi connectivity index (χ0) is 27.6. The normalized spacial score (nSPS) is 11.7. The third-order valence-electron chi connectivity index (χ3n) is 6.78. The lowest BCUT2D eigenvalue weighted by Gasteiger charge is -2.11. The zero-order valence-corrected chi connectivity index (χ0v) is 22.4. The fraction of sp³-hybridized carbons (Fsp3) is 0.176. The Morgan fingerprint density at radius 3 is 2.12 bits per heavy atom. The van der Waals surface area contributed by atoms with E-state index in [1.165, 1.54) is 11.1 Å². The molecular weight excluding hydrogens is 496 g/mol. The van der Waals surface area contributed by atoms with E-state index < -0.39 is 6.10 Å². The van der Waals surface area contributed by atoms with Crippen LogP contribution in [-0.4, -0.2) is 33.7 Å². The van der Waals surface area contributed by atoms with Gasteiger partial charge in [0.1, 0.15) is 5.82 Å². The Balaban J connectivity index is 1.25. The molecule has 6 nitrogen and oxygen atoms in total. The molecule has 0 bridgehead atoms. The van der Waals surface area contributed by atoms with Gasteiger partial charge in [-0.2, -0.15) is 0 Å². The van der Waals surface area contributed by atoms with Crippen molar-refractivity contribution in [2.45, 2.75) is 25.5 Å². The van der Waals surface area contributed by atoms with Crippen LogP contribution in [0.5, 0.6) is 0 Å². The van der Waals surface area contributed by atoms with Crippen molar-refractivity contribution in [1.29, 1.82) is 0 Å². The molecule has 0 aliphatic rings. The van der Waals surface area contributed by atoms with Crippen LogP contribution in [0.4, 0.5) is 5.69 Å². The molecular formula is C34H34N4O2. The fourth-order valence-corrected chi connectivity index (χ4v) is 4.66. The Hall–Kier alpha value is -4.52. The first kappa shape index (κ1) is 27.1. The number of para-hydroxylation sites is 1. The minimum atomic E-state index is -0.560. The average Bonchev–Trinajstić information content (AvgIpc) is 3.37. The number of aliphatic hydroxyl groups is 1. The van der Waals surface area contributed by atoms with E-state index in [-0.39, 0.29) is 12.3 Å². The van der Waals surface area contributed by atoms with Crippen LogP contribution in [0.3, 0.4) is 0 Å². The number of carbonyl (C=O) groups excluding carboxylic acids is 1. The van der Waals surface area contributed by atoms with Gasteiger partial charge in [-0.15, -0.1) is 0 Å². The van der Waals surface area contributed by atoms with Crippen molar-refractivity contribution in [1.82, 2.24) is 14.9 Å². The van der Waals surface area contributed by atoms with E-state index in [1.54, 1.807) is 0 Å². The number of nitrogens with zero attached hydrogens (tertiary/aromatic N) is 2. The van der Waals surface area contributed by atoms with Crippen LogP contribution >= 0.6 is 0 Å². The van der Waals surface area contributed by atoms with E-state index in [4.69, 9.17) is 4.98 Å². The highest BCUT2D eigenvalue weighted by atomic mass is 16.3. The smallest absolute Gasteiger partial charge is 0.231 e. The number of aromatic nitrogens is 2. The Bertz CT molecular complexity index is 1480. The summed E-state index contributed by atoms with van der Waals surface area (Å²) in [6, 6.07) is 37.9. The van der Waals surface area contributed by atoms with Crippen LogP contribution in [0.25, 0.3) is 11.1 Å². The topological polar surface area (TPSA) is 79.2 Å². The van der Waals surface area contributed by atoms with Gasteiger partial charge in [0.25, 0.3) is 0 Å². The van der Waals surface area contributed by atoms with Gasteiger partial charge < -0.3 is 20.3 Å². The monoisotopic (exact) mass is 530 g/mol. The van der Waals surface area contributed by atoms with Crippen molar-refractivity contribution in [3.63, 3.8) is 0 Å². The van der Waals surface area contributed by atoms with Gasteiger partial charge in [-0.3, -0.25) is 4.79 Å². The van der Waals surface area contributed by atoms with Crippen LogP contribution in [0.1, 0.15) is 28.7 Å². The second kappa shape index (κ2) is 13.5. The number of hydrogen-bond acceptors (Lipinski definition) is 4. The molecule has 0 spiro atoms. The van der Waals surface area contributed by atoms with Gasteiger partial charge in [-0.05, 0) is 34.4 Å². The van der Waals surface area contributed by atoms with Crippen LogP contribution in [-0.2, 0) is 24.2 Å². The van der Waals surface area contributed by atoms with Gasteiger partial charge in [-0.25, -0.2) is 4.98 Å². The molecule has 1 heterocycles. The molecule has 0 radical (unpaired) electrons. The summed E-state index contributed by atoms with van der Waals surface area (Å²) in [5.41, 5.74) is 6.05. The molecule has 0 saturated carbocycles. The second-order valence-corrected chi connectivity index (χ2v) is 9.81. The highest BCUT2D eigenvalue weighted by Crippen LogP contribution is 2.20. The molecule has 3 N–H and O–H groups in total. The molecule has 0 aliphatic carbocycles. The third kappa shape index (κ3) is 7.53. The Labute approximate surface area is 235 Å². The standard InChI is InChI=1S/C34H34N4O2/c39-32(29-12-6-2-7-13-29)23-35-21-20-31-25-38(33(36-31)22-34(40)37-30-14-8-3-9-15-30)24-26-16-18-28(19-17-26)27-10-4-1-5-11-27/h1-19,25,32,35,39H,20-24H2,(H,37,40)/t32-/m0/s1. The van der Waals surface area contributed by atoms with E-state index in [9.17, 15) is 9.90 Å². The summed E-state index contributed by atoms with van der Waals surface area (Å²) in [5, 5.41) is 16.7. The van der Waals surface area contributed by atoms with Crippen LogP contribution in [0.15, 0.2) is 121 Å². The number of imidazole rings is 1. The van der Waals surface area contributed by atoms with Gasteiger partial charge >= 0.3 is 0 Å². The summed E-state index contributed by atoms with van der Waals surface area (Å²) in [6.07, 6.45) is 2.34. The maximum atomic E-state index is 12.9. The maximum Gasteiger partial charge on any atom is 0.231 e. The van der Waals surface area contributed by atoms with E-state index in [1.807, 2.05) is 85.1 Å². The lowest BCUT2D eigenvalue weighted by molar-refractivity contribution is -0.115. The van der Waals surface area contributed by atoms with Gasteiger partial charge in [0.2, 0.25) is 5.91 Å². The fourth-order valence-electron chi connectivity index (χ4n) is 4.66. The highest BCUT2D eigenvalue weighted by molar-refractivity contribution is 5.91. The average molecular weight is 531 g/mol. The first-order chi connectivity index (χ1) is 19.6. The van der Waals surface area contributed by atoms with Crippen molar-refractivity contribution >= 4 is 11.6 Å². The summed E-state index contributed by atoms with van der Waals surface area (Å²) < 4.78 is 2.07. The molecule has 5 rings (SSSR count). The number of anilines is 1. The van der Waals surface area contributed by atoms with Crippen molar-refractivity contribution in [3.8, 4) is 11.1 Å². The van der Waals surface area contributed by atoms with Crippen molar-refractivity contribution in [2.75, 3.05) is 18.4 Å². The highest BCUT2D eigenvalue weighted by Gasteiger charge is 2.14. The van der Waals surface area contributed by atoms with Crippen LogP contribution in [0.2, 0.25) is 0 Å². The predicted molar refractivity (Wildman–Crippen MR) is 160 cm³/mol. The Morgan fingerprint density at radius 2 is 1.43 bits per heavy atom. The number of amides is 1. The summed E-state index contributed by atoms with van der Waals surface area (Å²) in [6.45, 7) is 1.75. The molecule has 0 unspecified atom stereocenters. The van der Waals surface area contributed by atoms with E-state index in [0.29, 0.717) is 26.1 Å². The largest absolute Gasteiger partial charge is 0.387 e. The molecule has 1 aromatic heterocycles. The van der Waals surface area contributed by atoms with Gasteiger partial charge in [-0.1, -0.05) is 103 Å². The van der Waals surface area contributed by atoms with E-state index in [0.717, 1.165) is 28.3 Å². The minimum absolute atomic E-state index is 0.104. The summed E-state index contributed by atoms with van der Waals surface area (Å²) >= 11 is 0. The van der Waals surface area contributed by atoms with Crippen LogP contribution in [0, 0.1) is 0 Å². The predicted octanol–water partition coefficient (Wildman–Crippen LogP) is 5.65. The number of rotatable bonds is 12. The van der Waals surface area contributed by atoms with Crippen LogP contribution < -0.4 is 10.6 Å². The number of nitrogens with one attached hydrogen (secondary N) is 2. The number of carbonyl (C=O) groups is 1. The number of benzene rings is 4. The van der Waals surface area contributed by atoms with Gasteiger partial charge in [0.15, 0.2) is 0 Å². The van der Waals surface area contributed by atoms with Gasteiger partial charge in [0.05, 0.1) is 18.2 Å². The Morgan fingerprint density at radius 1 is 0.800 bits per heavy atom. The molecule has 40 heavy (non-hydrogen) atoms. The van der Waals surface area contributed by atoms with E-state index in [2.05, 4.69) is 51.6 Å². The molecule has 0 fully saturated rings. The summed E-state index contributed by atoms with van der Waals surface area (Å²) in [5.74, 6) is 0.619. The first-order valence-corrected chi connectivity index (χ1v) is 13.6. The maximum absolute atomic E-state index is 12.9. The summed E-state index contributed by atoms with van der Waals surface area (Å²) in [7, 11) is 0. The molecule has 4 aromatic carbocycles. The minimum Gasteiger partial charge on any atom is -0.387 e. The molecule has 1 atom stereocenters. The molecule has 5 aromatic rings. The molecule has 6 heteroatoms. The first-order valence-electron chi connectivity index (χ1n) is 13.6. The van der Waals surface area contributed by atoms with Crippen molar-refractivity contribution in [2.24, 2.45) is 0 Å².